The Kier molecular flexibility index (Phi) is 5.68. The summed E-state index contributed by atoms with van der Waals surface area (Å²) < 4.78 is 0. The topological polar surface area (TPSA) is 15.3 Å². The lowest BCUT2D eigenvalue weighted by Gasteiger charge is -2.27. The van der Waals surface area contributed by atoms with Crippen LogP contribution in [0, 0.1) is 0 Å². The van der Waals surface area contributed by atoms with Crippen LogP contribution in [-0.2, 0) is 6.54 Å². The molecule has 1 aromatic rings. The van der Waals surface area contributed by atoms with Crippen LogP contribution in [0.15, 0.2) is 18.2 Å². The van der Waals surface area contributed by atoms with Gasteiger partial charge in [-0.15, -0.1) is 0 Å². The molecule has 106 valence electrons. The molecule has 2 rings (SSSR count). The molecule has 1 N–H and O–H groups in total. The SMILES string of the molecule is CCC(CC)c1ccc(CN2CCNCC2)cc1Cl. The molecule has 0 unspecified atom stereocenters. The molecule has 1 heterocycles. The number of hydrogen-bond acceptors (Lipinski definition) is 2. The van der Waals surface area contributed by atoms with E-state index >= 15 is 0 Å². The lowest BCUT2D eigenvalue weighted by Crippen LogP contribution is -2.42. The summed E-state index contributed by atoms with van der Waals surface area (Å²) in [5.41, 5.74) is 2.65. The largest absolute Gasteiger partial charge is 0.314 e. The zero-order chi connectivity index (χ0) is 13.7. The van der Waals surface area contributed by atoms with Crippen molar-refractivity contribution in [1.82, 2.24) is 10.2 Å². The maximum atomic E-state index is 6.47. The van der Waals surface area contributed by atoms with E-state index in [4.69, 9.17) is 11.6 Å². The van der Waals surface area contributed by atoms with Crippen LogP contribution in [0.5, 0.6) is 0 Å². The number of rotatable bonds is 5. The molecular formula is C16H25ClN2. The Balaban J connectivity index is 2.05. The molecule has 0 radical (unpaired) electrons. The van der Waals surface area contributed by atoms with E-state index in [1.54, 1.807) is 0 Å². The average Bonchev–Trinajstić information content (AvgIpc) is 2.43. The maximum absolute atomic E-state index is 6.47. The van der Waals surface area contributed by atoms with Crippen LogP contribution in [0.4, 0.5) is 0 Å². The van der Waals surface area contributed by atoms with E-state index < -0.39 is 0 Å². The van der Waals surface area contributed by atoms with Crippen LogP contribution >= 0.6 is 11.6 Å². The predicted molar refractivity (Wildman–Crippen MR) is 82.9 cm³/mol. The molecule has 0 spiro atoms. The first-order valence-electron chi connectivity index (χ1n) is 7.46. The molecule has 2 nitrogen and oxygen atoms in total. The van der Waals surface area contributed by atoms with Crippen molar-refractivity contribution < 1.29 is 0 Å². The van der Waals surface area contributed by atoms with Crippen LogP contribution in [0.1, 0.15) is 43.7 Å². The number of nitrogens with one attached hydrogen (secondary N) is 1. The van der Waals surface area contributed by atoms with Crippen LogP contribution in [0.2, 0.25) is 5.02 Å². The standard InChI is InChI=1S/C16H25ClN2/c1-3-14(4-2)15-6-5-13(11-16(15)17)12-19-9-7-18-8-10-19/h5-6,11,14,18H,3-4,7-10,12H2,1-2H3. The summed E-state index contributed by atoms with van der Waals surface area (Å²) in [5, 5.41) is 4.33. The summed E-state index contributed by atoms with van der Waals surface area (Å²) in [6.07, 6.45) is 2.32. The second kappa shape index (κ2) is 7.28. The van der Waals surface area contributed by atoms with Gasteiger partial charge in [-0.25, -0.2) is 0 Å². The highest BCUT2D eigenvalue weighted by molar-refractivity contribution is 6.31. The number of hydrogen-bond donors (Lipinski definition) is 1. The fourth-order valence-electron chi connectivity index (χ4n) is 2.86. The minimum Gasteiger partial charge on any atom is -0.314 e. The molecule has 1 aliphatic heterocycles. The van der Waals surface area contributed by atoms with E-state index in [0.717, 1.165) is 50.6 Å². The third kappa shape index (κ3) is 3.95. The molecule has 1 aliphatic rings. The Labute approximate surface area is 122 Å². The van der Waals surface area contributed by atoms with Crippen molar-refractivity contribution in [2.45, 2.75) is 39.2 Å². The summed E-state index contributed by atoms with van der Waals surface area (Å²) in [4.78, 5) is 2.49. The molecule has 1 aromatic carbocycles. The number of halogens is 1. The van der Waals surface area contributed by atoms with Gasteiger partial charge in [-0.1, -0.05) is 37.6 Å². The molecule has 3 heteroatoms. The highest BCUT2D eigenvalue weighted by Gasteiger charge is 2.13. The molecule has 1 fully saturated rings. The Morgan fingerprint density at radius 3 is 2.47 bits per heavy atom. The van der Waals surface area contributed by atoms with Crippen LogP contribution in [0.3, 0.4) is 0 Å². The predicted octanol–water partition coefficient (Wildman–Crippen LogP) is 3.65. The van der Waals surface area contributed by atoms with Gasteiger partial charge in [0.1, 0.15) is 0 Å². The van der Waals surface area contributed by atoms with Crippen LogP contribution in [-0.4, -0.2) is 31.1 Å². The number of benzene rings is 1. The Morgan fingerprint density at radius 2 is 1.89 bits per heavy atom. The minimum absolute atomic E-state index is 0.598. The molecule has 0 aromatic heterocycles. The fraction of sp³-hybridized carbons (Fsp3) is 0.625. The summed E-state index contributed by atoms with van der Waals surface area (Å²) in [6, 6.07) is 6.65. The lowest BCUT2D eigenvalue weighted by atomic mass is 9.93. The van der Waals surface area contributed by atoms with E-state index in [-0.39, 0.29) is 0 Å². The molecule has 0 atom stereocenters. The van der Waals surface area contributed by atoms with Crippen LogP contribution < -0.4 is 5.32 Å². The van der Waals surface area contributed by atoms with Gasteiger partial charge in [-0.05, 0) is 36.0 Å². The molecule has 0 saturated carbocycles. The Morgan fingerprint density at radius 1 is 1.21 bits per heavy atom. The van der Waals surface area contributed by atoms with Crippen molar-refractivity contribution in [1.29, 1.82) is 0 Å². The summed E-state index contributed by atoms with van der Waals surface area (Å²) in [6.45, 7) is 9.94. The van der Waals surface area contributed by atoms with Crippen molar-refractivity contribution in [3.63, 3.8) is 0 Å². The summed E-state index contributed by atoms with van der Waals surface area (Å²) in [7, 11) is 0. The van der Waals surface area contributed by atoms with Gasteiger partial charge in [-0.3, -0.25) is 4.90 Å². The van der Waals surface area contributed by atoms with Gasteiger partial charge in [0.15, 0.2) is 0 Å². The van der Waals surface area contributed by atoms with Gasteiger partial charge in [-0.2, -0.15) is 0 Å². The van der Waals surface area contributed by atoms with Gasteiger partial charge >= 0.3 is 0 Å². The number of piperazine rings is 1. The molecule has 19 heavy (non-hydrogen) atoms. The second-order valence-electron chi connectivity index (χ2n) is 5.40. The zero-order valence-corrected chi connectivity index (χ0v) is 12.8. The lowest BCUT2D eigenvalue weighted by molar-refractivity contribution is 0.233. The van der Waals surface area contributed by atoms with Crippen molar-refractivity contribution in [3.8, 4) is 0 Å². The second-order valence-corrected chi connectivity index (χ2v) is 5.80. The van der Waals surface area contributed by atoms with E-state index in [9.17, 15) is 0 Å². The first-order chi connectivity index (χ1) is 9.24. The monoisotopic (exact) mass is 280 g/mol. The highest BCUT2D eigenvalue weighted by Crippen LogP contribution is 2.30. The first-order valence-corrected chi connectivity index (χ1v) is 7.83. The van der Waals surface area contributed by atoms with Gasteiger partial charge < -0.3 is 5.32 Å². The Hall–Kier alpha value is -0.570. The van der Waals surface area contributed by atoms with Crippen molar-refractivity contribution in [3.05, 3.63) is 34.3 Å². The quantitative estimate of drug-likeness (QED) is 0.886. The van der Waals surface area contributed by atoms with Gasteiger partial charge in [0.2, 0.25) is 0 Å². The fourth-order valence-corrected chi connectivity index (χ4v) is 3.21. The molecule has 0 bridgehead atoms. The van der Waals surface area contributed by atoms with E-state index in [1.165, 1.54) is 11.1 Å². The minimum atomic E-state index is 0.598. The van der Waals surface area contributed by atoms with Crippen LogP contribution in [0.25, 0.3) is 0 Å². The van der Waals surface area contributed by atoms with Gasteiger partial charge in [0.25, 0.3) is 0 Å². The first kappa shape index (κ1) is 14.8. The average molecular weight is 281 g/mol. The molecule has 1 saturated heterocycles. The van der Waals surface area contributed by atoms with E-state index in [2.05, 4.69) is 42.3 Å². The molecular weight excluding hydrogens is 256 g/mol. The summed E-state index contributed by atoms with van der Waals surface area (Å²) in [5.74, 6) is 0.598. The number of nitrogens with zero attached hydrogens (tertiary/aromatic N) is 1. The van der Waals surface area contributed by atoms with Gasteiger partial charge in [0.05, 0.1) is 0 Å². The van der Waals surface area contributed by atoms with Crippen molar-refractivity contribution >= 4 is 11.6 Å². The maximum Gasteiger partial charge on any atom is 0.0444 e. The Bertz CT molecular complexity index is 396. The summed E-state index contributed by atoms with van der Waals surface area (Å²) >= 11 is 6.47. The molecule has 0 amide bonds. The van der Waals surface area contributed by atoms with Crippen molar-refractivity contribution in [2.24, 2.45) is 0 Å². The smallest absolute Gasteiger partial charge is 0.0444 e. The van der Waals surface area contributed by atoms with Gasteiger partial charge in [0, 0.05) is 37.7 Å². The normalized spacial score (nSPS) is 17.1. The third-order valence-electron chi connectivity index (χ3n) is 4.11. The van der Waals surface area contributed by atoms with E-state index in [0.29, 0.717) is 5.92 Å². The third-order valence-corrected chi connectivity index (χ3v) is 4.43. The highest BCUT2D eigenvalue weighted by atomic mass is 35.5. The zero-order valence-electron chi connectivity index (χ0n) is 12.1. The van der Waals surface area contributed by atoms with E-state index in [1.807, 2.05) is 0 Å². The van der Waals surface area contributed by atoms with Crippen molar-refractivity contribution in [2.75, 3.05) is 26.2 Å². The molecule has 0 aliphatic carbocycles.